The van der Waals surface area contributed by atoms with Crippen molar-refractivity contribution in [3.05, 3.63) is 35.4 Å². The molecule has 1 aliphatic rings. The minimum absolute atomic E-state index is 0.117. The van der Waals surface area contributed by atoms with Crippen LogP contribution in [-0.4, -0.2) is 46.9 Å². The Kier molecular flexibility index (Phi) is 3.83. The van der Waals surface area contributed by atoms with Gasteiger partial charge in [0.15, 0.2) is 12.0 Å². The summed E-state index contributed by atoms with van der Waals surface area (Å²) in [6.45, 7) is 5.85. The highest BCUT2D eigenvalue weighted by atomic mass is 19.1. The number of anilines is 2. The summed E-state index contributed by atoms with van der Waals surface area (Å²) in [5.41, 5.74) is 4.03. The standard InChI is InChI=1S/C19H21FN8O/c1-10-7-27-8-13(20)9-29-18-15(22-19-21-5-14(10)17(27)23-19)12(3)28(25-18)16-11(2)6-26(4)24-16/h5-7,13H,8-9H2,1-4H3,(H,21,22,23). The number of nitrogens with zero attached hydrogens (tertiary/aromatic N) is 7. The summed E-state index contributed by atoms with van der Waals surface area (Å²) in [5.74, 6) is 1.38. The molecule has 0 spiro atoms. The number of hydrogen-bond donors (Lipinski definition) is 1. The Bertz CT molecular complexity index is 1240. The normalized spacial score (nSPS) is 16.4. The van der Waals surface area contributed by atoms with Gasteiger partial charge < -0.3 is 14.6 Å². The second kappa shape index (κ2) is 6.29. The molecule has 1 aliphatic heterocycles. The van der Waals surface area contributed by atoms with E-state index in [2.05, 4.69) is 25.5 Å². The van der Waals surface area contributed by atoms with Crippen molar-refractivity contribution in [2.45, 2.75) is 33.5 Å². The van der Waals surface area contributed by atoms with Gasteiger partial charge in [-0.05, 0) is 26.3 Å². The number of nitrogens with one attached hydrogen (secondary N) is 1. The zero-order chi connectivity index (χ0) is 20.3. The monoisotopic (exact) mass is 396 g/mol. The SMILES string of the molecule is Cc1cn(C)nc1-n1nc2c(c1C)Nc1ncc3c(C)cn(c3n1)CC(F)CO2. The van der Waals surface area contributed by atoms with Crippen LogP contribution in [0.2, 0.25) is 0 Å². The van der Waals surface area contributed by atoms with Gasteiger partial charge in [0.25, 0.3) is 5.88 Å². The summed E-state index contributed by atoms with van der Waals surface area (Å²) >= 11 is 0. The van der Waals surface area contributed by atoms with Gasteiger partial charge in [0, 0.05) is 36.6 Å². The minimum Gasteiger partial charge on any atom is -0.472 e. The van der Waals surface area contributed by atoms with E-state index in [1.807, 2.05) is 40.2 Å². The van der Waals surface area contributed by atoms with Crippen LogP contribution in [0, 0.1) is 20.8 Å². The highest BCUT2D eigenvalue weighted by molar-refractivity contribution is 5.81. The molecule has 150 valence electrons. The van der Waals surface area contributed by atoms with Crippen LogP contribution < -0.4 is 10.1 Å². The van der Waals surface area contributed by atoms with Crippen LogP contribution in [0.15, 0.2) is 18.6 Å². The average Bonchev–Trinajstić information content (AvgIpc) is 3.27. The van der Waals surface area contributed by atoms with Gasteiger partial charge in [-0.15, -0.1) is 5.10 Å². The van der Waals surface area contributed by atoms with E-state index in [9.17, 15) is 4.39 Å². The van der Waals surface area contributed by atoms with Crippen LogP contribution in [-0.2, 0) is 13.6 Å². The lowest BCUT2D eigenvalue weighted by Gasteiger charge is -2.10. The molecule has 4 aromatic heterocycles. The van der Waals surface area contributed by atoms with Crippen LogP contribution in [0.3, 0.4) is 0 Å². The summed E-state index contributed by atoms with van der Waals surface area (Å²) in [5, 5.41) is 13.1. The number of halogens is 1. The van der Waals surface area contributed by atoms with Crippen LogP contribution in [0.4, 0.5) is 16.0 Å². The van der Waals surface area contributed by atoms with Gasteiger partial charge in [0.1, 0.15) is 17.9 Å². The lowest BCUT2D eigenvalue weighted by atomic mass is 10.3. The molecule has 2 bridgehead atoms. The Morgan fingerprint density at radius 1 is 1.17 bits per heavy atom. The molecule has 0 saturated carbocycles. The highest BCUT2D eigenvalue weighted by Crippen LogP contribution is 2.33. The van der Waals surface area contributed by atoms with Crippen LogP contribution >= 0.6 is 0 Å². The smallest absolute Gasteiger partial charge is 0.257 e. The van der Waals surface area contributed by atoms with Crippen LogP contribution in [0.5, 0.6) is 5.88 Å². The summed E-state index contributed by atoms with van der Waals surface area (Å²) < 4.78 is 25.7. The van der Waals surface area contributed by atoms with Gasteiger partial charge >= 0.3 is 0 Å². The third-order valence-electron chi connectivity index (χ3n) is 5.12. The van der Waals surface area contributed by atoms with Crippen molar-refractivity contribution in [1.82, 2.24) is 34.1 Å². The largest absolute Gasteiger partial charge is 0.472 e. The molecule has 29 heavy (non-hydrogen) atoms. The number of rotatable bonds is 1. The van der Waals surface area contributed by atoms with Gasteiger partial charge in [-0.1, -0.05) is 0 Å². The zero-order valence-corrected chi connectivity index (χ0v) is 16.6. The Hall–Kier alpha value is -3.43. The van der Waals surface area contributed by atoms with Crippen LogP contribution in [0.25, 0.3) is 16.9 Å². The van der Waals surface area contributed by atoms with Crippen LogP contribution in [0.1, 0.15) is 16.8 Å². The van der Waals surface area contributed by atoms with Crippen molar-refractivity contribution < 1.29 is 9.13 Å². The summed E-state index contributed by atoms with van der Waals surface area (Å²) in [6, 6.07) is 0. The molecule has 4 aromatic rings. The fourth-order valence-electron chi connectivity index (χ4n) is 3.71. The summed E-state index contributed by atoms with van der Waals surface area (Å²) in [4.78, 5) is 9.05. The maximum atomic E-state index is 14.7. The molecule has 5 heterocycles. The van der Waals surface area contributed by atoms with Gasteiger partial charge in [-0.2, -0.15) is 10.1 Å². The Labute approximate surface area is 166 Å². The predicted molar refractivity (Wildman–Crippen MR) is 106 cm³/mol. The molecule has 1 atom stereocenters. The fraction of sp³-hybridized carbons (Fsp3) is 0.368. The lowest BCUT2D eigenvalue weighted by Crippen LogP contribution is -2.19. The Morgan fingerprint density at radius 2 is 2.00 bits per heavy atom. The molecule has 0 aliphatic carbocycles. The predicted octanol–water partition coefficient (Wildman–Crippen LogP) is 2.75. The molecular weight excluding hydrogens is 375 g/mol. The topological polar surface area (TPSA) is 87.6 Å². The molecule has 0 amide bonds. The first-order chi connectivity index (χ1) is 13.9. The number of aromatic nitrogens is 7. The first-order valence-corrected chi connectivity index (χ1v) is 9.37. The van der Waals surface area contributed by atoms with Crippen molar-refractivity contribution >= 4 is 22.7 Å². The van der Waals surface area contributed by atoms with E-state index in [0.717, 1.165) is 22.2 Å². The fourth-order valence-corrected chi connectivity index (χ4v) is 3.71. The maximum absolute atomic E-state index is 14.7. The molecule has 5 rings (SSSR count). The number of hydrogen-bond acceptors (Lipinski definition) is 6. The molecule has 9 nitrogen and oxygen atoms in total. The van der Waals surface area contributed by atoms with Gasteiger partial charge in [-0.3, -0.25) is 4.68 Å². The number of alkyl halides is 1. The van der Waals surface area contributed by atoms with E-state index >= 15 is 0 Å². The average molecular weight is 396 g/mol. The molecule has 0 aromatic carbocycles. The first-order valence-electron chi connectivity index (χ1n) is 9.37. The van der Waals surface area contributed by atoms with E-state index < -0.39 is 6.17 Å². The third-order valence-corrected chi connectivity index (χ3v) is 5.12. The second-order valence-electron chi connectivity index (χ2n) is 7.42. The lowest BCUT2D eigenvalue weighted by molar-refractivity contribution is 0.175. The van der Waals surface area contributed by atoms with Crippen molar-refractivity contribution in [3.63, 3.8) is 0 Å². The van der Waals surface area contributed by atoms with Gasteiger partial charge in [0.2, 0.25) is 5.95 Å². The minimum atomic E-state index is -1.21. The summed E-state index contributed by atoms with van der Waals surface area (Å²) in [6.07, 6.45) is 4.34. The van der Waals surface area contributed by atoms with E-state index in [1.165, 1.54) is 0 Å². The van der Waals surface area contributed by atoms with Crippen molar-refractivity contribution in [2.75, 3.05) is 11.9 Å². The molecule has 1 N–H and O–H groups in total. The Balaban J connectivity index is 1.66. The van der Waals surface area contributed by atoms with Crippen molar-refractivity contribution in [2.24, 2.45) is 7.05 Å². The van der Waals surface area contributed by atoms with Crippen molar-refractivity contribution in [1.29, 1.82) is 0 Å². The zero-order valence-electron chi connectivity index (χ0n) is 16.6. The number of fused-ring (bicyclic) bond motifs is 2. The van der Waals surface area contributed by atoms with E-state index in [0.29, 0.717) is 29.0 Å². The Morgan fingerprint density at radius 3 is 2.76 bits per heavy atom. The molecule has 10 heteroatoms. The molecule has 0 radical (unpaired) electrons. The van der Waals surface area contributed by atoms with Gasteiger partial charge in [-0.25, -0.2) is 14.1 Å². The summed E-state index contributed by atoms with van der Waals surface area (Å²) in [7, 11) is 1.85. The molecule has 1 unspecified atom stereocenters. The maximum Gasteiger partial charge on any atom is 0.257 e. The van der Waals surface area contributed by atoms with E-state index in [1.54, 1.807) is 20.1 Å². The molecular formula is C19H21FN8O. The first kappa shape index (κ1) is 17.7. The van der Waals surface area contributed by atoms with E-state index in [4.69, 9.17) is 4.74 Å². The molecule has 0 fully saturated rings. The number of aryl methyl sites for hydroxylation is 3. The van der Waals surface area contributed by atoms with E-state index in [-0.39, 0.29) is 13.2 Å². The van der Waals surface area contributed by atoms with Gasteiger partial charge in [0.05, 0.1) is 12.2 Å². The second-order valence-corrected chi connectivity index (χ2v) is 7.42. The van der Waals surface area contributed by atoms with Crippen molar-refractivity contribution in [3.8, 4) is 11.7 Å². The quantitative estimate of drug-likeness (QED) is 0.532. The number of ether oxygens (including phenoxy) is 1. The molecule has 0 saturated heterocycles. The third kappa shape index (κ3) is 2.82. The highest BCUT2D eigenvalue weighted by Gasteiger charge is 2.24.